The van der Waals surface area contributed by atoms with E-state index in [1.165, 1.54) is 6.20 Å². The number of hydrogen-bond acceptors (Lipinski definition) is 3. The van der Waals surface area contributed by atoms with Crippen molar-refractivity contribution < 1.29 is 4.79 Å². The van der Waals surface area contributed by atoms with Gasteiger partial charge in [-0.25, -0.2) is 4.98 Å². The van der Waals surface area contributed by atoms with Crippen molar-refractivity contribution in [2.45, 2.75) is 6.42 Å². The van der Waals surface area contributed by atoms with Crippen molar-refractivity contribution in [3.63, 3.8) is 0 Å². The van der Waals surface area contributed by atoms with Gasteiger partial charge < -0.3 is 0 Å². The Kier molecular flexibility index (Phi) is 3.44. The number of carbonyl (C=O) groups is 1. The quantitative estimate of drug-likeness (QED) is 0.688. The van der Waals surface area contributed by atoms with Gasteiger partial charge in [0.1, 0.15) is 5.69 Å². The van der Waals surface area contributed by atoms with Gasteiger partial charge in [0.15, 0.2) is 5.78 Å². The molecule has 2 aromatic carbocycles. The minimum atomic E-state index is -0.0643. The average molecular weight is 283 g/mol. The van der Waals surface area contributed by atoms with Crippen molar-refractivity contribution in [1.29, 1.82) is 0 Å². The second-order valence-corrected chi connectivity index (χ2v) is 4.91. The summed E-state index contributed by atoms with van der Waals surface area (Å²) in [5.74, 6) is -0.0643. The standard InChI is InChI=1S/C16H11ClN2O/c17-12-5-3-4-11(8-12)9-16(20)15-10-18-13-6-1-2-7-14(13)19-15/h1-8,10H,9H2. The Morgan fingerprint density at radius 3 is 2.65 bits per heavy atom. The average Bonchev–Trinajstić information content (AvgIpc) is 2.47. The molecule has 0 N–H and O–H groups in total. The summed E-state index contributed by atoms with van der Waals surface area (Å²) >= 11 is 5.91. The van der Waals surface area contributed by atoms with E-state index in [1.54, 1.807) is 12.1 Å². The van der Waals surface area contributed by atoms with Crippen molar-refractivity contribution in [1.82, 2.24) is 9.97 Å². The lowest BCUT2D eigenvalue weighted by Crippen LogP contribution is -2.06. The number of fused-ring (bicyclic) bond motifs is 1. The van der Waals surface area contributed by atoms with E-state index in [4.69, 9.17) is 11.6 Å². The zero-order valence-corrected chi connectivity index (χ0v) is 11.3. The molecular weight excluding hydrogens is 272 g/mol. The first-order chi connectivity index (χ1) is 9.72. The Bertz CT molecular complexity index is 786. The normalized spacial score (nSPS) is 10.7. The summed E-state index contributed by atoms with van der Waals surface area (Å²) in [7, 11) is 0. The molecule has 3 nitrogen and oxygen atoms in total. The zero-order chi connectivity index (χ0) is 13.9. The fourth-order valence-electron chi connectivity index (χ4n) is 2.01. The van der Waals surface area contributed by atoms with Crippen molar-refractivity contribution in [2.75, 3.05) is 0 Å². The summed E-state index contributed by atoms with van der Waals surface area (Å²) in [5.41, 5.74) is 2.76. The van der Waals surface area contributed by atoms with Crippen LogP contribution in [0.2, 0.25) is 5.02 Å². The second kappa shape index (κ2) is 5.39. The molecule has 0 aliphatic carbocycles. The Morgan fingerprint density at radius 1 is 1.05 bits per heavy atom. The number of carbonyl (C=O) groups excluding carboxylic acids is 1. The lowest BCUT2D eigenvalue weighted by atomic mass is 10.1. The number of benzene rings is 2. The van der Waals surface area contributed by atoms with Crippen molar-refractivity contribution in [3.8, 4) is 0 Å². The van der Waals surface area contributed by atoms with E-state index < -0.39 is 0 Å². The maximum atomic E-state index is 12.2. The number of halogens is 1. The Hall–Kier alpha value is -2.26. The zero-order valence-electron chi connectivity index (χ0n) is 10.6. The van der Waals surface area contributed by atoms with Gasteiger partial charge in [-0.15, -0.1) is 0 Å². The number of para-hydroxylation sites is 2. The minimum absolute atomic E-state index is 0.0643. The van der Waals surface area contributed by atoms with Crippen LogP contribution in [0.1, 0.15) is 16.1 Å². The Morgan fingerprint density at radius 2 is 1.85 bits per heavy atom. The SMILES string of the molecule is O=C(Cc1cccc(Cl)c1)c1cnc2ccccc2n1. The van der Waals surface area contributed by atoms with E-state index in [1.807, 2.05) is 36.4 Å². The lowest BCUT2D eigenvalue weighted by molar-refractivity contribution is 0.0988. The maximum absolute atomic E-state index is 12.2. The van der Waals surface area contributed by atoms with Gasteiger partial charge in [-0.05, 0) is 29.8 Å². The van der Waals surface area contributed by atoms with Crippen LogP contribution in [0, 0.1) is 0 Å². The summed E-state index contributed by atoms with van der Waals surface area (Å²) < 4.78 is 0. The fraction of sp³-hybridized carbons (Fsp3) is 0.0625. The number of rotatable bonds is 3. The van der Waals surface area contributed by atoms with Gasteiger partial charge in [0, 0.05) is 11.4 Å². The van der Waals surface area contributed by atoms with E-state index >= 15 is 0 Å². The Labute approximate surface area is 121 Å². The highest BCUT2D eigenvalue weighted by Crippen LogP contribution is 2.14. The molecular formula is C16H11ClN2O. The third-order valence-corrected chi connectivity index (χ3v) is 3.22. The van der Waals surface area contributed by atoms with E-state index in [0.29, 0.717) is 10.7 Å². The third kappa shape index (κ3) is 2.68. The largest absolute Gasteiger partial charge is 0.292 e. The van der Waals surface area contributed by atoms with Crippen molar-refractivity contribution in [3.05, 3.63) is 71.0 Å². The monoisotopic (exact) mass is 282 g/mol. The van der Waals surface area contributed by atoms with Crippen molar-refractivity contribution in [2.24, 2.45) is 0 Å². The van der Waals surface area contributed by atoms with E-state index in [-0.39, 0.29) is 12.2 Å². The first kappa shape index (κ1) is 12.8. The molecule has 0 atom stereocenters. The smallest absolute Gasteiger partial charge is 0.187 e. The Balaban J connectivity index is 1.88. The van der Waals surface area contributed by atoms with E-state index in [9.17, 15) is 4.79 Å². The van der Waals surface area contributed by atoms with Gasteiger partial charge >= 0.3 is 0 Å². The third-order valence-electron chi connectivity index (χ3n) is 2.99. The summed E-state index contributed by atoms with van der Waals surface area (Å²) in [4.78, 5) is 20.8. The highest BCUT2D eigenvalue weighted by Gasteiger charge is 2.10. The molecule has 4 heteroatoms. The van der Waals surface area contributed by atoms with Gasteiger partial charge in [0.2, 0.25) is 0 Å². The molecule has 20 heavy (non-hydrogen) atoms. The van der Waals surface area contributed by atoms with Gasteiger partial charge in [0.05, 0.1) is 17.2 Å². The summed E-state index contributed by atoms with van der Waals surface area (Å²) in [6, 6.07) is 14.8. The molecule has 0 fully saturated rings. The molecule has 0 spiro atoms. The van der Waals surface area contributed by atoms with Crippen molar-refractivity contribution >= 4 is 28.4 Å². The molecule has 1 aromatic heterocycles. The summed E-state index contributed by atoms with van der Waals surface area (Å²) in [6.07, 6.45) is 1.79. The molecule has 0 amide bonds. The predicted molar refractivity (Wildman–Crippen MR) is 79.0 cm³/mol. The van der Waals surface area contributed by atoms with Crippen LogP contribution < -0.4 is 0 Å². The summed E-state index contributed by atoms with van der Waals surface area (Å²) in [5, 5.41) is 0.625. The second-order valence-electron chi connectivity index (χ2n) is 4.47. The molecule has 0 saturated heterocycles. The van der Waals surface area contributed by atoms with Crippen LogP contribution in [-0.4, -0.2) is 15.8 Å². The maximum Gasteiger partial charge on any atom is 0.187 e. The highest BCUT2D eigenvalue weighted by atomic mass is 35.5. The van der Waals surface area contributed by atoms with Crippen LogP contribution in [-0.2, 0) is 6.42 Å². The number of nitrogens with zero attached hydrogens (tertiary/aromatic N) is 2. The van der Waals surface area contributed by atoms with Gasteiger partial charge in [-0.1, -0.05) is 35.9 Å². The van der Waals surface area contributed by atoms with Gasteiger partial charge in [-0.3, -0.25) is 9.78 Å². The minimum Gasteiger partial charge on any atom is -0.292 e. The van der Waals surface area contributed by atoms with Crippen LogP contribution in [0.15, 0.2) is 54.7 Å². The first-order valence-electron chi connectivity index (χ1n) is 6.22. The number of aromatic nitrogens is 2. The molecule has 0 aliphatic heterocycles. The number of Topliss-reactive ketones (excluding diaryl/α,β-unsaturated/α-hetero) is 1. The molecule has 3 rings (SSSR count). The predicted octanol–water partition coefficient (Wildman–Crippen LogP) is 3.71. The molecule has 0 radical (unpaired) electrons. The van der Waals surface area contributed by atoms with Crippen LogP contribution in [0.5, 0.6) is 0 Å². The number of hydrogen-bond donors (Lipinski definition) is 0. The van der Waals surface area contributed by atoms with Crippen LogP contribution in [0.4, 0.5) is 0 Å². The molecule has 0 saturated carbocycles. The van der Waals surface area contributed by atoms with Crippen LogP contribution in [0.3, 0.4) is 0 Å². The highest BCUT2D eigenvalue weighted by molar-refractivity contribution is 6.30. The van der Waals surface area contributed by atoms with Gasteiger partial charge in [0.25, 0.3) is 0 Å². The van der Waals surface area contributed by atoms with E-state index in [0.717, 1.165) is 16.6 Å². The summed E-state index contributed by atoms with van der Waals surface area (Å²) in [6.45, 7) is 0. The molecule has 98 valence electrons. The molecule has 3 aromatic rings. The molecule has 1 heterocycles. The first-order valence-corrected chi connectivity index (χ1v) is 6.59. The molecule has 0 unspecified atom stereocenters. The fourth-order valence-corrected chi connectivity index (χ4v) is 2.23. The van der Waals surface area contributed by atoms with Crippen LogP contribution in [0.25, 0.3) is 11.0 Å². The molecule has 0 bridgehead atoms. The topological polar surface area (TPSA) is 42.9 Å². The van der Waals surface area contributed by atoms with Crippen LogP contribution >= 0.6 is 11.6 Å². The van der Waals surface area contributed by atoms with E-state index in [2.05, 4.69) is 9.97 Å². The number of ketones is 1. The molecule has 0 aliphatic rings. The lowest BCUT2D eigenvalue weighted by Gasteiger charge is -2.03. The van der Waals surface area contributed by atoms with Gasteiger partial charge in [-0.2, -0.15) is 0 Å².